The Balaban J connectivity index is 1.43. The number of halogens is 4. The molecule has 0 N–H and O–H groups in total. The Labute approximate surface area is 223 Å². The van der Waals surface area contributed by atoms with Crippen LogP contribution in [0.1, 0.15) is 42.5 Å². The summed E-state index contributed by atoms with van der Waals surface area (Å²) in [7, 11) is 3.28. The van der Waals surface area contributed by atoms with E-state index in [0.717, 1.165) is 11.6 Å². The molecule has 2 amide bonds. The fourth-order valence-corrected chi connectivity index (χ4v) is 5.74. The van der Waals surface area contributed by atoms with Gasteiger partial charge >= 0.3 is 12.2 Å². The maximum absolute atomic E-state index is 13.9. The van der Waals surface area contributed by atoms with Crippen molar-refractivity contribution >= 4 is 29.1 Å². The van der Waals surface area contributed by atoms with E-state index in [1.165, 1.54) is 17.0 Å². The van der Waals surface area contributed by atoms with Crippen LogP contribution in [0.2, 0.25) is 5.02 Å². The smallest absolute Gasteiger partial charge is 0.416 e. The first kappa shape index (κ1) is 26.1. The standard InChI is InChI=1S/C26H28ClF3N6O2/c1-16-19-15-33(2)32-23(19)35(14-17-6-4-5-7-20(17)26(28,29)30)25(37)36(16)18-9-12-34(13-10-18)22-21(27)8-11-31-24(22)38-3/h4-8,11,15-16,18H,9-10,12-14H2,1-3H3/t16-/m1/s1. The van der Waals surface area contributed by atoms with Crippen LogP contribution in [0.3, 0.4) is 0 Å². The van der Waals surface area contributed by atoms with Crippen molar-refractivity contribution in [2.45, 2.75) is 44.6 Å². The number of aromatic nitrogens is 3. The predicted octanol–water partition coefficient (Wildman–Crippen LogP) is 5.67. The predicted molar refractivity (Wildman–Crippen MR) is 138 cm³/mol. The maximum atomic E-state index is 13.9. The van der Waals surface area contributed by atoms with Crippen LogP contribution in [0.15, 0.2) is 42.7 Å². The Morgan fingerprint density at radius 3 is 2.55 bits per heavy atom. The number of nitrogens with zero attached hydrogens (tertiary/aromatic N) is 6. The molecule has 2 aromatic heterocycles. The fourth-order valence-electron chi connectivity index (χ4n) is 5.48. The van der Waals surface area contributed by atoms with Gasteiger partial charge in [0, 0.05) is 44.1 Å². The maximum Gasteiger partial charge on any atom is 0.416 e. The lowest BCUT2D eigenvalue weighted by Crippen LogP contribution is -2.55. The number of fused-ring (bicyclic) bond motifs is 1. The molecule has 0 unspecified atom stereocenters. The van der Waals surface area contributed by atoms with Gasteiger partial charge in [0.2, 0.25) is 5.88 Å². The number of hydrogen-bond acceptors (Lipinski definition) is 5. The van der Waals surface area contributed by atoms with Crippen molar-refractivity contribution < 1.29 is 22.7 Å². The van der Waals surface area contributed by atoms with Crippen LogP contribution in [0.4, 0.5) is 29.5 Å². The van der Waals surface area contributed by atoms with Crippen LogP contribution in [0.5, 0.6) is 5.88 Å². The van der Waals surface area contributed by atoms with Gasteiger partial charge in [0.15, 0.2) is 5.82 Å². The van der Waals surface area contributed by atoms with E-state index in [-0.39, 0.29) is 30.2 Å². The van der Waals surface area contributed by atoms with E-state index in [4.69, 9.17) is 16.3 Å². The van der Waals surface area contributed by atoms with Crippen molar-refractivity contribution in [2.24, 2.45) is 7.05 Å². The van der Waals surface area contributed by atoms with Crippen LogP contribution >= 0.6 is 11.6 Å². The molecule has 1 atom stereocenters. The Hall–Kier alpha value is -3.47. The molecule has 5 rings (SSSR count). The molecular weight excluding hydrogens is 521 g/mol. The third-order valence-corrected chi connectivity index (χ3v) is 7.58. The van der Waals surface area contributed by atoms with Crippen molar-refractivity contribution in [1.82, 2.24) is 19.7 Å². The molecule has 202 valence electrons. The molecular formula is C26H28ClF3N6O2. The number of hydrogen-bond donors (Lipinski definition) is 0. The summed E-state index contributed by atoms with van der Waals surface area (Å²) in [6.07, 6.45) is 0.177. The first-order valence-electron chi connectivity index (χ1n) is 12.3. The molecule has 1 saturated heterocycles. The summed E-state index contributed by atoms with van der Waals surface area (Å²) in [6, 6.07) is 6.30. The number of anilines is 2. The molecule has 3 aromatic rings. The number of amides is 2. The number of urea groups is 1. The van der Waals surface area contributed by atoms with E-state index in [0.29, 0.717) is 48.3 Å². The SMILES string of the molecule is COc1nccc(Cl)c1N1CCC(N2C(=O)N(Cc3ccccc3C(F)(F)F)c3nn(C)cc3[C@H]2C)CC1. The summed E-state index contributed by atoms with van der Waals surface area (Å²) in [5.41, 5.74) is 0.780. The van der Waals surface area contributed by atoms with E-state index < -0.39 is 11.7 Å². The lowest BCUT2D eigenvalue weighted by molar-refractivity contribution is -0.138. The minimum absolute atomic E-state index is 0.0209. The average Bonchev–Trinajstić information content (AvgIpc) is 3.28. The molecule has 0 spiro atoms. The van der Waals surface area contributed by atoms with Crippen molar-refractivity contribution in [2.75, 3.05) is 30.0 Å². The van der Waals surface area contributed by atoms with Gasteiger partial charge in [-0.15, -0.1) is 0 Å². The second-order valence-corrected chi connectivity index (χ2v) is 9.96. The summed E-state index contributed by atoms with van der Waals surface area (Å²) in [5.74, 6) is 0.829. The Morgan fingerprint density at radius 1 is 1.16 bits per heavy atom. The minimum Gasteiger partial charge on any atom is -0.479 e. The van der Waals surface area contributed by atoms with Gasteiger partial charge in [-0.2, -0.15) is 18.3 Å². The number of alkyl halides is 3. The first-order chi connectivity index (χ1) is 18.1. The van der Waals surface area contributed by atoms with Crippen molar-refractivity contribution in [3.8, 4) is 5.88 Å². The zero-order valence-electron chi connectivity index (χ0n) is 21.2. The van der Waals surface area contributed by atoms with Gasteiger partial charge in [0.25, 0.3) is 0 Å². The van der Waals surface area contributed by atoms with Crippen LogP contribution in [0.25, 0.3) is 0 Å². The Morgan fingerprint density at radius 2 is 1.87 bits per heavy atom. The average molecular weight is 549 g/mol. The highest BCUT2D eigenvalue weighted by molar-refractivity contribution is 6.33. The fraction of sp³-hybridized carbons (Fsp3) is 0.423. The van der Waals surface area contributed by atoms with E-state index in [2.05, 4.69) is 15.0 Å². The van der Waals surface area contributed by atoms with Crippen molar-refractivity contribution in [1.29, 1.82) is 0 Å². The number of ether oxygens (including phenoxy) is 1. The highest BCUT2D eigenvalue weighted by Crippen LogP contribution is 2.42. The molecule has 8 nitrogen and oxygen atoms in total. The Kier molecular flexibility index (Phi) is 6.89. The third-order valence-electron chi connectivity index (χ3n) is 7.27. The van der Waals surface area contributed by atoms with Crippen LogP contribution in [-0.4, -0.2) is 51.9 Å². The number of methoxy groups -OCH3 is 1. The van der Waals surface area contributed by atoms with Gasteiger partial charge in [-0.25, -0.2) is 9.78 Å². The molecule has 0 saturated carbocycles. The monoisotopic (exact) mass is 548 g/mol. The molecule has 12 heteroatoms. The summed E-state index contributed by atoms with van der Waals surface area (Å²) < 4.78 is 48.2. The van der Waals surface area contributed by atoms with Gasteiger partial charge in [-0.05, 0) is 37.5 Å². The number of pyridine rings is 1. The number of aryl methyl sites for hydroxylation is 1. The quantitative estimate of drug-likeness (QED) is 0.411. The molecule has 38 heavy (non-hydrogen) atoms. The number of benzene rings is 1. The summed E-state index contributed by atoms with van der Waals surface area (Å²) >= 11 is 6.45. The van der Waals surface area contributed by atoms with E-state index in [9.17, 15) is 18.0 Å². The minimum atomic E-state index is -4.53. The number of carbonyl (C=O) groups is 1. The second kappa shape index (κ2) is 10.0. The first-order valence-corrected chi connectivity index (χ1v) is 12.7. The molecule has 0 radical (unpaired) electrons. The van der Waals surface area contributed by atoms with Crippen molar-refractivity contribution in [3.05, 3.63) is 64.4 Å². The van der Waals surface area contributed by atoms with Crippen LogP contribution in [0, 0.1) is 0 Å². The summed E-state index contributed by atoms with van der Waals surface area (Å²) in [6.45, 7) is 2.93. The molecule has 2 aliphatic heterocycles. The zero-order chi connectivity index (χ0) is 27.2. The molecule has 2 aliphatic rings. The van der Waals surface area contributed by atoms with E-state index >= 15 is 0 Å². The molecule has 4 heterocycles. The topological polar surface area (TPSA) is 66.7 Å². The van der Waals surface area contributed by atoms with Gasteiger partial charge in [-0.1, -0.05) is 29.8 Å². The number of carbonyl (C=O) groups excluding carboxylic acids is 1. The molecule has 0 aliphatic carbocycles. The largest absolute Gasteiger partial charge is 0.479 e. The lowest BCUT2D eigenvalue weighted by atomic mass is 9.97. The molecule has 0 bridgehead atoms. The third kappa shape index (κ3) is 4.63. The highest BCUT2D eigenvalue weighted by Gasteiger charge is 2.43. The normalized spacial score (nSPS) is 18.7. The lowest BCUT2D eigenvalue weighted by Gasteiger charge is -2.46. The van der Waals surface area contributed by atoms with Crippen molar-refractivity contribution in [3.63, 3.8) is 0 Å². The molecule has 1 fully saturated rings. The van der Waals surface area contributed by atoms with Gasteiger partial charge < -0.3 is 14.5 Å². The molecule has 1 aromatic carbocycles. The van der Waals surface area contributed by atoms with Gasteiger partial charge in [0.1, 0.15) is 5.69 Å². The number of piperidine rings is 1. The second-order valence-electron chi connectivity index (χ2n) is 9.56. The van der Waals surface area contributed by atoms with Gasteiger partial charge in [-0.3, -0.25) is 9.58 Å². The Bertz CT molecular complexity index is 1340. The zero-order valence-corrected chi connectivity index (χ0v) is 22.0. The van der Waals surface area contributed by atoms with Gasteiger partial charge in [0.05, 0.1) is 30.3 Å². The highest BCUT2D eigenvalue weighted by atomic mass is 35.5. The van der Waals surface area contributed by atoms with Crippen LogP contribution < -0.4 is 14.5 Å². The summed E-state index contributed by atoms with van der Waals surface area (Å²) in [4.78, 5) is 23.4. The summed E-state index contributed by atoms with van der Waals surface area (Å²) in [5, 5.41) is 4.99. The van der Waals surface area contributed by atoms with E-state index in [1.54, 1.807) is 42.1 Å². The van der Waals surface area contributed by atoms with E-state index in [1.807, 2.05) is 13.1 Å². The number of rotatable bonds is 5. The van der Waals surface area contributed by atoms with Crippen LogP contribution in [-0.2, 0) is 19.8 Å².